The molecule has 0 spiro atoms. The van der Waals surface area contributed by atoms with E-state index in [2.05, 4.69) is 23.8 Å². The Morgan fingerprint density at radius 2 is 1.61 bits per heavy atom. The molecular formula is C24H34N2O2. The minimum atomic E-state index is -0.142. The Balaban J connectivity index is 1.89. The Bertz CT molecular complexity index is 696. The van der Waals surface area contributed by atoms with Crippen LogP contribution in [0, 0.1) is 5.92 Å². The Hall–Kier alpha value is -2.23. The normalized spacial score (nSPS) is 12.0. The molecule has 0 saturated heterocycles. The number of carbonyl (C=O) groups excluding carboxylic acids is 1. The minimum absolute atomic E-state index is 0.0254. The van der Waals surface area contributed by atoms with Crippen molar-refractivity contribution in [1.82, 2.24) is 9.97 Å². The number of rotatable bonds is 12. The summed E-state index contributed by atoms with van der Waals surface area (Å²) in [5.41, 5.74) is 2.11. The molecule has 152 valence electrons. The lowest BCUT2D eigenvalue weighted by atomic mass is 10.0. The second kappa shape index (κ2) is 12.3. The van der Waals surface area contributed by atoms with Gasteiger partial charge in [-0.05, 0) is 55.5 Å². The van der Waals surface area contributed by atoms with E-state index in [4.69, 9.17) is 4.74 Å². The van der Waals surface area contributed by atoms with Gasteiger partial charge in [0.2, 0.25) is 0 Å². The van der Waals surface area contributed by atoms with Crippen molar-refractivity contribution in [2.75, 3.05) is 0 Å². The van der Waals surface area contributed by atoms with Gasteiger partial charge in [0, 0.05) is 18.0 Å². The Kier molecular flexibility index (Phi) is 9.67. The summed E-state index contributed by atoms with van der Waals surface area (Å²) < 4.78 is 5.52. The largest absolute Gasteiger partial charge is 0.426 e. The van der Waals surface area contributed by atoms with E-state index in [0.717, 1.165) is 31.2 Å². The SMILES string of the molecule is CCCCCCCc1cnc(-c2ccc(OC(=O)C(CC)CCC)cc2)nc1. The quantitative estimate of drug-likeness (QED) is 0.242. The van der Waals surface area contributed by atoms with Crippen LogP contribution in [0.25, 0.3) is 11.4 Å². The van der Waals surface area contributed by atoms with E-state index < -0.39 is 0 Å². The van der Waals surface area contributed by atoms with Crippen LogP contribution < -0.4 is 4.74 Å². The lowest BCUT2D eigenvalue weighted by Crippen LogP contribution is -2.19. The molecule has 1 unspecified atom stereocenters. The third-order valence-corrected chi connectivity index (χ3v) is 5.07. The van der Waals surface area contributed by atoms with Crippen molar-refractivity contribution in [2.45, 2.75) is 78.6 Å². The zero-order valence-corrected chi connectivity index (χ0v) is 17.6. The third-order valence-electron chi connectivity index (χ3n) is 5.07. The average molecular weight is 383 g/mol. The number of hydrogen-bond donors (Lipinski definition) is 0. The van der Waals surface area contributed by atoms with Gasteiger partial charge in [0.25, 0.3) is 0 Å². The molecule has 1 atom stereocenters. The number of aromatic nitrogens is 2. The van der Waals surface area contributed by atoms with E-state index in [1.807, 2.05) is 43.6 Å². The van der Waals surface area contributed by atoms with Gasteiger partial charge < -0.3 is 4.74 Å². The summed E-state index contributed by atoms with van der Waals surface area (Å²) in [4.78, 5) is 21.2. The molecule has 0 aliphatic carbocycles. The van der Waals surface area contributed by atoms with Gasteiger partial charge in [-0.15, -0.1) is 0 Å². The number of benzene rings is 1. The maximum absolute atomic E-state index is 12.2. The smallest absolute Gasteiger partial charge is 0.314 e. The standard InChI is InChI=1S/C24H34N2O2/c1-4-7-8-9-10-12-19-17-25-23(26-18-19)21-13-15-22(16-14-21)28-24(27)20(6-3)11-5-2/h13-18,20H,4-12H2,1-3H3. The van der Waals surface area contributed by atoms with E-state index in [-0.39, 0.29) is 11.9 Å². The van der Waals surface area contributed by atoms with Gasteiger partial charge in [-0.1, -0.05) is 52.9 Å². The van der Waals surface area contributed by atoms with Gasteiger partial charge in [0.1, 0.15) is 5.75 Å². The van der Waals surface area contributed by atoms with Crippen LogP contribution in [0.1, 0.15) is 77.7 Å². The second-order valence-electron chi connectivity index (χ2n) is 7.42. The van der Waals surface area contributed by atoms with Crippen LogP contribution in [0.5, 0.6) is 5.75 Å². The summed E-state index contributed by atoms with van der Waals surface area (Å²) in [6.45, 7) is 6.34. The van der Waals surface area contributed by atoms with E-state index in [9.17, 15) is 4.79 Å². The molecule has 0 radical (unpaired) electrons. The second-order valence-corrected chi connectivity index (χ2v) is 7.42. The van der Waals surface area contributed by atoms with Crippen LogP contribution in [0.4, 0.5) is 0 Å². The average Bonchev–Trinajstić information content (AvgIpc) is 2.73. The molecule has 0 N–H and O–H groups in total. The number of aryl methyl sites for hydroxylation is 1. The summed E-state index contributed by atoms with van der Waals surface area (Å²) in [5, 5.41) is 0. The van der Waals surface area contributed by atoms with Crippen molar-refractivity contribution in [3.05, 3.63) is 42.2 Å². The Labute approximate surface area is 169 Å². The van der Waals surface area contributed by atoms with Gasteiger partial charge in [-0.3, -0.25) is 4.79 Å². The van der Waals surface area contributed by atoms with Gasteiger partial charge in [-0.25, -0.2) is 9.97 Å². The first-order chi connectivity index (χ1) is 13.7. The maximum atomic E-state index is 12.2. The highest BCUT2D eigenvalue weighted by Crippen LogP contribution is 2.21. The molecule has 2 aromatic rings. The van der Waals surface area contributed by atoms with Crippen molar-refractivity contribution in [1.29, 1.82) is 0 Å². The molecule has 4 heteroatoms. The van der Waals surface area contributed by atoms with Crippen LogP contribution in [0.2, 0.25) is 0 Å². The van der Waals surface area contributed by atoms with Crippen LogP contribution in [0.15, 0.2) is 36.7 Å². The number of esters is 1. The Morgan fingerprint density at radius 1 is 0.929 bits per heavy atom. The van der Waals surface area contributed by atoms with E-state index >= 15 is 0 Å². The van der Waals surface area contributed by atoms with Gasteiger partial charge in [0.05, 0.1) is 5.92 Å². The van der Waals surface area contributed by atoms with Crippen LogP contribution in [-0.2, 0) is 11.2 Å². The Morgan fingerprint density at radius 3 is 2.21 bits per heavy atom. The van der Waals surface area contributed by atoms with Crippen molar-refractivity contribution in [3.63, 3.8) is 0 Å². The summed E-state index contributed by atoms with van der Waals surface area (Å²) in [7, 11) is 0. The van der Waals surface area contributed by atoms with Crippen LogP contribution in [0.3, 0.4) is 0 Å². The fraction of sp³-hybridized carbons (Fsp3) is 0.542. The predicted octanol–water partition coefficient (Wildman–Crippen LogP) is 6.39. The fourth-order valence-electron chi connectivity index (χ4n) is 3.27. The van der Waals surface area contributed by atoms with Gasteiger partial charge in [0.15, 0.2) is 5.82 Å². The lowest BCUT2D eigenvalue weighted by Gasteiger charge is -2.13. The number of nitrogens with zero attached hydrogens (tertiary/aromatic N) is 2. The lowest BCUT2D eigenvalue weighted by molar-refractivity contribution is -0.139. The molecule has 1 heterocycles. The summed E-state index contributed by atoms with van der Waals surface area (Å²) in [6.07, 6.45) is 13.9. The molecule has 0 amide bonds. The summed E-state index contributed by atoms with van der Waals surface area (Å²) in [6, 6.07) is 7.44. The van der Waals surface area contributed by atoms with E-state index in [1.54, 1.807) is 0 Å². The highest BCUT2D eigenvalue weighted by molar-refractivity contribution is 5.75. The molecule has 0 bridgehead atoms. The van der Waals surface area contributed by atoms with Gasteiger partial charge in [-0.2, -0.15) is 0 Å². The van der Waals surface area contributed by atoms with E-state index in [0.29, 0.717) is 11.6 Å². The van der Waals surface area contributed by atoms with Crippen molar-refractivity contribution in [2.24, 2.45) is 5.92 Å². The molecule has 4 nitrogen and oxygen atoms in total. The molecule has 0 fully saturated rings. The predicted molar refractivity (Wildman–Crippen MR) is 114 cm³/mol. The number of hydrogen-bond acceptors (Lipinski definition) is 4. The van der Waals surface area contributed by atoms with Crippen molar-refractivity contribution < 1.29 is 9.53 Å². The molecule has 0 saturated carbocycles. The van der Waals surface area contributed by atoms with Crippen molar-refractivity contribution >= 4 is 5.97 Å². The zero-order valence-electron chi connectivity index (χ0n) is 17.6. The molecule has 1 aromatic heterocycles. The zero-order chi connectivity index (χ0) is 20.2. The molecule has 1 aromatic carbocycles. The topological polar surface area (TPSA) is 52.1 Å². The monoisotopic (exact) mass is 382 g/mol. The summed E-state index contributed by atoms with van der Waals surface area (Å²) >= 11 is 0. The maximum Gasteiger partial charge on any atom is 0.314 e. The van der Waals surface area contributed by atoms with E-state index in [1.165, 1.54) is 37.7 Å². The number of unbranched alkanes of at least 4 members (excludes halogenated alkanes) is 4. The molecular weight excluding hydrogens is 348 g/mol. The molecule has 2 rings (SSSR count). The summed E-state index contributed by atoms with van der Waals surface area (Å²) in [5.74, 6) is 1.11. The van der Waals surface area contributed by atoms with Crippen LogP contribution in [-0.4, -0.2) is 15.9 Å². The first kappa shape index (κ1) is 22.1. The molecule has 0 aliphatic heterocycles. The first-order valence-electron chi connectivity index (χ1n) is 10.8. The van der Waals surface area contributed by atoms with Crippen LogP contribution >= 0.6 is 0 Å². The molecule has 0 aliphatic rings. The number of carbonyl (C=O) groups is 1. The molecule has 28 heavy (non-hydrogen) atoms. The first-order valence-corrected chi connectivity index (χ1v) is 10.8. The van der Waals surface area contributed by atoms with Gasteiger partial charge >= 0.3 is 5.97 Å². The minimum Gasteiger partial charge on any atom is -0.426 e. The third kappa shape index (κ3) is 7.06. The van der Waals surface area contributed by atoms with Crippen molar-refractivity contribution in [3.8, 4) is 17.1 Å². The highest BCUT2D eigenvalue weighted by Gasteiger charge is 2.17. The fourth-order valence-corrected chi connectivity index (χ4v) is 3.27. The highest BCUT2D eigenvalue weighted by atomic mass is 16.5. The number of ether oxygens (including phenoxy) is 1.